The second-order valence-corrected chi connectivity index (χ2v) is 19.6. The summed E-state index contributed by atoms with van der Waals surface area (Å²) in [6, 6.07) is 5.32. The van der Waals surface area contributed by atoms with Crippen molar-refractivity contribution in [2.45, 2.75) is 159 Å². The number of carbonyl (C=O) groups is 1. The minimum absolute atomic E-state index is 0.0762. The summed E-state index contributed by atoms with van der Waals surface area (Å²) in [5, 5.41) is 55.3. The number of nitrogens with zero attached hydrogens (tertiary/aromatic N) is 5. The highest BCUT2D eigenvalue weighted by Gasteiger charge is 2.48. The molecule has 0 radical (unpaired) electrons. The Labute approximate surface area is 344 Å². The predicted molar refractivity (Wildman–Crippen MR) is 216 cm³/mol. The largest absolute Gasteiger partial charge is 0.487 e. The van der Waals surface area contributed by atoms with E-state index in [2.05, 4.69) is 10.3 Å². The normalized spacial score (nSPS) is 36.6. The summed E-state index contributed by atoms with van der Waals surface area (Å²) in [5.74, 6) is -1.11. The maximum atomic E-state index is 13.5. The highest BCUT2D eigenvalue weighted by Crippen LogP contribution is 2.36. The number of hydrogen-bond acceptors (Lipinski definition) is 15. The van der Waals surface area contributed by atoms with Gasteiger partial charge in [0.25, 0.3) is 0 Å². The Kier molecular flexibility index (Phi) is 16.3. The van der Waals surface area contributed by atoms with E-state index in [9.17, 15) is 33.6 Å². The van der Waals surface area contributed by atoms with Gasteiger partial charge in [0.1, 0.15) is 42.0 Å². The number of rotatable bonds is 11. The molecule has 4 rings (SSSR count). The molecule has 0 aliphatic carbocycles. The Balaban J connectivity index is 1.46. The second-order valence-electron chi connectivity index (χ2n) is 17.6. The molecule has 0 spiro atoms. The lowest BCUT2D eigenvalue weighted by Crippen LogP contribution is -2.59. The van der Waals surface area contributed by atoms with Crippen LogP contribution in [0.5, 0.6) is 5.75 Å². The van der Waals surface area contributed by atoms with E-state index in [1.54, 1.807) is 43.8 Å². The average Bonchev–Trinajstić information content (AvgIpc) is 3.61. The van der Waals surface area contributed by atoms with Gasteiger partial charge in [-0.05, 0) is 104 Å². The predicted octanol–water partition coefficient (Wildman–Crippen LogP) is 2.65. The van der Waals surface area contributed by atoms with Crippen molar-refractivity contribution in [3.05, 3.63) is 36.2 Å². The molecular formula is C41H69N5O11S. The average molecular weight is 840 g/mol. The number of aliphatic hydroxyl groups excluding tert-OH is 2. The zero-order chi connectivity index (χ0) is 43.3. The number of cyclic esters (lactones) is 1. The molecule has 2 fully saturated rings. The van der Waals surface area contributed by atoms with Crippen LogP contribution in [0.3, 0.4) is 0 Å². The summed E-state index contributed by atoms with van der Waals surface area (Å²) in [7, 11) is 0.462. The van der Waals surface area contributed by atoms with Crippen LogP contribution in [0, 0.1) is 17.8 Å². The third-order valence-electron chi connectivity index (χ3n) is 12.0. The molecule has 0 bridgehead atoms. The van der Waals surface area contributed by atoms with Crippen LogP contribution in [0.2, 0.25) is 0 Å². The molecule has 13 atom stereocenters. The number of carbonyl (C=O) groups excluding carboxylic acids is 1. The first-order valence-corrected chi connectivity index (χ1v) is 22.4. The van der Waals surface area contributed by atoms with Crippen molar-refractivity contribution in [2.24, 2.45) is 17.8 Å². The standard InChI is InChI=1S/C41H69N5O11S/c1-12-34-41(8,51)36(48)29(6)45(10)22-25(2)21-40(7,50)37(26(3)19-27(4)38(49)56-34)57-39-35(47)33(20-28(5)55-39)44(9)17-18-46-23-30(42-43-46)24-54-31-13-15-32(16-14-31)58(11,52)53/h13-16,23,25-29,33-37,39,47-48,50-51H,12,17-22,24H2,1-11H3/t25-,26+,27-,28-,29-,33+,34-,35-,36-,37-,39+,40-,41-/m1/s1. The molecule has 17 heteroatoms. The van der Waals surface area contributed by atoms with E-state index in [0.29, 0.717) is 50.3 Å². The molecular weight excluding hydrogens is 771 g/mol. The van der Waals surface area contributed by atoms with Gasteiger partial charge in [0.05, 0.1) is 41.4 Å². The number of likely N-dealkylation sites (N-methyl/N-ethyl adjacent to an activating group) is 2. The minimum Gasteiger partial charge on any atom is -0.487 e. The van der Waals surface area contributed by atoms with Crippen LogP contribution in [-0.4, -0.2) is 153 Å². The van der Waals surface area contributed by atoms with Crippen LogP contribution in [0.1, 0.15) is 86.8 Å². The molecule has 2 aliphatic heterocycles. The highest BCUT2D eigenvalue weighted by atomic mass is 32.2. The van der Waals surface area contributed by atoms with Gasteiger partial charge >= 0.3 is 5.97 Å². The third kappa shape index (κ3) is 12.2. The number of ether oxygens (including phenoxy) is 4. The van der Waals surface area contributed by atoms with E-state index in [1.165, 1.54) is 19.1 Å². The summed E-state index contributed by atoms with van der Waals surface area (Å²) < 4.78 is 49.7. The van der Waals surface area contributed by atoms with E-state index in [-0.39, 0.29) is 41.9 Å². The number of esters is 1. The molecule has 2 aromatic rings. The maximum Gasteiger partial charge on any atom is 0.309 e. The molecule has 3 heterocycles. The van der Waals surface area contributed by atoms with Gasteiger partial charge in [0, 0.05) is 31.4 Å². The van der Waals surface area contributed by atoms with Crippen LogP contribution < -0.4 is 4.74 Å². The molecule has 2 saturated heterocycles. The number of sulfone groups is 1. The van der Waals surface area contributed by atoms with E-state index >= 15 is 0 Å². The van der Waals surface area contributed by atoms with Gasteiger partial charge in [-0.25, -0.2) is 8.42 Å². The quantitative estimate of drug-likeness (QED) is 0.240. The van der Waals surface area contributed by atoms with Gasteiger partial charge in [-0.15, -0.1) is 5.10 Å². The van der Waals surface area contributed by atoms with Gasteiger partial charge in [-0.3, -0.25) is 14.4 Å². The number of aliphatic hydroxyl groups is 4. The third-order valence-corrected chi connectivity index (χ3v) is 13.1. The lowest BCUT2D eigenvalue weighted by molar-refractivity contribution is -0.296. The Morgan fingerprint density at radius 1 is 1.05 bits per heavy atom. The Bertz CT molecular complexity index is 1720. The van der Waals surface area contributed by atoms with Crippen molar-refractivity contribution >= 4 is 15.8 Å². The molecule has 0 saturated carbocycles. The second kappa shape index (κ2) is 19.8. The number of benzene rings is 1. The Morgan fingerprint density at radius 2 is 1.71 bits per heavy atom. The topological polar surface area (TPSA) is 206 Å². The zero-order valence-electron chi connectivity index (χ0n) is 36.2. The lowest BCUT2D eigenvalue weighted by Gasteiger charge is -2.46. The van der Waals surface area contributed by atoms with E-state index in [4.69, 9.17) is 18.9 Å². The molecule has 58 heavy (non-hydrogen) atoms. The summed E-state index contributed by atoms with van der Waals surface area (Å²) in [4.78, 5) is 17.7. The number of aromatic nitrogens is 3. The smallest absolute Gasteiger partial charge is 0.309 e. The Morgan fingerprint density at radius 3 is 2.33 bits per heavy atom. The fraction of sp³-hybridized carbons (Fsp3) is 0.780. The van der Waals surface area contributed by atoms with Crippen LogP contribution in [0.25, 0.3) is 0 Å². The molecule has 2 aliphatic rings. The van der Waals surface area contributed by atoms with Gasteiger partial charge in [-0.2, -0.15) is 0 Å². The molecule has 1 aromatic heterocycles. The Hall–Kier alpha value is -2.74. The van der Waals surface area contributed by atoms with Crippen LogP contribution >= 0.6 is 0 Å². The molecule has 330 valence electrons. The van der Waals surface area contributed by atoms with Crippen molar-refractivity contribution in [1.82, 2.24) is 24.8 Å². The SMILES string of the molecule is CC[C@H]1OC(=O)[C@H](C)C[C@H](C)[C@@H](O[C@@H]2O[C@H](C)C[C@H](N(C)CCn3cc(COc4ccc(S(C)(=O)=O)cc4)nn3)[C@H]2O)[C@](C)(O)C[C@@H](C)CN(C)[C@H](C)[C@@H](O)[C@]1(C)O. The zero-order valence-corrected chi connectivity index (χ0v) is 37.0. The molecule has 16 nitrogen and oxygen atoms in total. The summed E-state index contributed by atoms with van der Waals surface area (Å²) in [5.41, 5.74) is -2.52. The van der Waals surface area contributed by atoms with Crippen molar-refractivity contribution in [3.8, 4) is 5.75 Å². The molecule has 4 N–H and O–H groups in total. The summed E-state index contributed by atoms with van der Waals surface area (Å²) in [6.07, 6.45) is -1.08. The van der Waals surface area contributed by atoms with Crippen molar-refractivity contribution in [2.75, 3.05) is 33.4 Å². The van der Waals surface area contributed by atoms with Gasteiger partial charge < -0.3 is 44.3 Å². The maximum absolute atomic E-state index is 13.5. The van der Waals surface area contributed by atoms with Crippen LogP contribution in [0.15, 0.2) is 35.4 Å². The van der Waals surface area contributed by atoms with E-state index in [0.717, 1.165) is 6.26 Å². The van der Waals surface area contributed by atoms with Crippen LogP contribution in [-0.2, 0) is 42.0 Å². The first-order valence-electron chi connectivity index (χ1n) is 20.5. The fourth-order valence-corrected chi connectivity index (χ4v) is 9.24. The van der Waals surface area contributed by atoms with Gasteiger partial charge in [0.15, 0.2) is 16.1 Å². The number of hydrogen-bond donors (Lipinski definition) is 4. The summed E-state index contributed by atoms with van der Waals surface area (Å²) >= 11 is 0. The summed E-state index contributed by atoms with van der Waals surface area (Å²) in [6.45, 7) is 16.0. The van der Waals surface area contributed by atoms with Crippen molar-refractivity contribution in [3.63, 3.8) is 0 Å². The monoisotopic (exact) mass is 839 g/mol. The van der Waals surface area contributed by atoms with Gasteiger partial charge in [-0.1, -0.05) is 32.9 Å². The first kappa shape index (κ1) is 47.9. The van der Waals surface area contributed by atoms with E-state index in [1.807, 2.05) is 51.6 Å². The first-order chi connectivity index (χ1) is 26.9. The highest BCUT2D eigenvalue weighted by molar-refractivity contribution is 7.90. The molecule has 0 amide bonds. The fourth-order valence-electron chi connectivity index (χ4n) is 8.61. The van der Waals surface area contributed by atoms with Gasteiger partial charge in [0.2, 0.25) is 0 Å². The van der Waals surface area contributed by atoms with Crippen LogP contribution in [0.4, 0.5) is 0 Å². The van der Waals surface area contributed by atoms with Crippen molar-refractivity contribution in [1.29, 1.82) is 0 Å². The minimum atomic E-state index is -3.31. The van der Waals surface area contributed by atoms with E-state index < -0.39 is 69.7 Å². The lowest BCUT2D eigenvalue weighted by atomic mass is 9.79. The molecule has 1 aromatic carbocycles. The van der Waals surface area contributed by atoms with Crippen molar-refractivity contribution < 1.29 is 52.6 Å². The molecule has 0 unspecified atom stereocenters.